The van der Waals surface area contributed by atoms with E-state index < -0.39 is 73.4 Å². The Hall–Kier alpha value is -7.82. The summed E-state index contributed by atoms with van der Waals surface area (Å²) in [4.78, 5) is 10.4. The summed E-state index contributed by atoms with van der Waals surface area (Å²) in [6.45, 7) is 4.69. The SMILES string of the molecule is [2H]c1c([2H])c(C(C([2H])([2H])[2H])(C([2H])([2H])[2H])C([2H])([2H])[2H])c([2H])c([2H])c1-c1ccnc(-c2cc(-c3ccccc3)cc(-c3cccc4c3nc(-c3cc(C(C)(C)C)cc(C(C)(C)C)c3O)n4-c3cc(C([2H])([2H])[2H])c(-c4ccccc4)cc3-c3ccc(C(C)(C)C)cc3)c2)c1. The Morgan fingerprint density at radius 2 is 1.09 bits per heavy atom. The Morgan fingerprint density at radius 3 is 1.73 bits per heavy atom. The Labute approximate surface area is 468 Å². The van der Waals surface area contributed by atoms with Gasteiger partial charge < -0.3 is 5.11 Å². The molecule has 0 spiro atoms. The third kappa shape index (κ3) is 10.1. The summed E-state index contributed by atoms with van der Waals surface area (Å²) < 4.78 is 141. The topological polar surface area (TPSA) is 50.9 Å². The minimum absolute atomic E-state index is 0.00787. The van der Waals surface area contributed by atoms with Crippen LogP contribution in [0, 0.1) is 6.85 Å². The fraction of sp³-hybridized carbons (Fsp3) is 0.239. The standard InChI is InChI=1S/C71H71N3O/c1-45-37-64(59(44-58(45)48-23-18-15-19-24-48)49-29-33-55(34-30-49)69(5,6)7)74-63-26-20-25-57(65(63)73-67(74)60-42-56(70(8,9)10)43-61(66(60)75)71(11,12)13)52-38-51(46-21-16-14-17-22-46)39-53(40-52)62-41-50(35-36-72-62)47-27-31-54(32-28-47)68(2,3)4/h14-44,75H,1-13H3/i1D3,2D3,3D3,4D3,27D,28D,31D,32D. The molecule has 4 heteroatoms. The summed E-state index contributed by atoms with van der Waals surface area (Å²) in [7, 11) is 0. The van der Waals surface area contributed by atoms with Crippen LogP contribution < -0.4 is 0 Å². The van der Waals surface area contributed by atoms with Crippen molar-refractivity contribution in [2.45, 2.75) is 111 Å². The average Bonchev–Trinajstić information content (AvgIpc) is 0.982. The smallest absolute Gasteiger partial charge is 0.149 e. The van der Waals surface area contributed by atoms with E-state index in [-0.39, 0.29) is 33.5 Å². The third-order valence-corrected chi connectivity index (χ3v) is 13.9. The Morgan fingerprint density at radius 1 is 0.453 bits per heavy atom. The maximum absolute atomic E-state index is 12.9. The molecule has 0 fully saturated rings. The highest BCUT2D eigenvalue weighted by Gasteiger charge is 2.30. The van der Waals surface area contributed by atoms with Gasteiger partial charge in [-0.15, -0.1) is 0 Å². The Kier molecular flexibility index (Phi) is 8.84. The second-order valence-corrected chi connectivity index (χ2v) is 22.6. The van der Waals surface area contributed by atoms with Gasteiger partial charge in [-0.1, -0.05) is 210 Å². The third-order valence-electron chi connectivity index (χ3n) is 13.9. The van der Waals surface area contributed by atoms with Crippen LogP contribution in [0.2, 0.25) is 0 Å². The first-order valence-corrected chi connectivity index (χ1v) is 25.2. The number of para-hydroxylation sites is 1. The van der Waals surface area contributed by atoms with E-state index in [1.165, 1.54) is 18.3 Å². The molecule has 1 N–H and O–H groups in total. The van der Waals surface area contributed by atoms with Gasteiger partial charge in [0.25, 0.3) is 0 Å². The molecule has 0 saturated heterocycles. The van der Waals surface area contributed by atoms with Crippen LogP contribution in [0.1, 0.15) is 133 Å². The molecule has 0 aliphatic heterocycles. The number of fused-ring (bicyclic) bond motifs is 1. The molecule has 0 unspecified atom stereocenters. The van der Waals surface area contributed by atoms with Gasteiger partial charge >= 0.3 is 0 Å². The molecule has 10 rings (SSSR count). The van der Waals surface area contributed by atoms with Crippen molar-refractivity contribution in [2.24, 2.45) is 0 Å². The number of rotatable bonds is 8. The highest BCUT2D eigenvalue weighted by molar-refractivity contribution is 5.99. The minimum Gasteiger partial charge on any atom is -0.507 e. The number of aromatic nitrogens is 3. The predicted octanol–water partition coefficient (Wildman–Crippen LogP) is 19.3. The number of imidazole rings is 1. The lowest BCUT2D eigenvalue weighted by molar-refractivity contribution is 0.446. The highest BCUT2D eigenvalue weighted by atomic mass is 16.3. The van der Waals surface area contributed by atoms with E-state index in [2.05, 4.69) is 65.8 Å². The minimum atomic E-state index is -3.85. The summed E-state index contributed by atoms with van der Waals surface area (Å²) >= 11 is 0. The van der Waals surface area contributed by atoms with Gasteiger partial charge in [-0.25, -0.2) is 4.98 Å². The molecule has 0 atom stereocenters. The van der Waals surface area contributed by atoms with Crippen molar-refractivity contribution in [3.05, 3.63) is 216 Å². The lowest BCUT2D eigenvalue weighted by Crippen LogP contribution is -2.17. The number of hydrogen-bond acceptors (Lipinski definition) is 3. The van der Waals surface area contributed by atoms with Crippen LogP contribution in [0.15, 0.2) is 188 Å². The van der Waals surface area contributed by atoms with Gasteiger partial charge in [-0.3, -0.25) is 9.55 Å². The van der Waals surface area contributed by atoms with Crippen molar-refractivity contribution in [2.75, 3.05) is 0 Å². The summed E-state index contributed by atoms with van der Waals surface area (Å²) in [5, 5.41) is 12.9. The molecule has 2 heterocycles. The van der Waals surface area contributed by atoms with Crippen molar-refractivity contribution in [1.82, 2.24) is 14.5 Å². The molecule has 75 heavy (non-hydrogen) atoms. The number of phenols is 1. The second-order valence-electron chi connectivity index (χ2n) is 22.6. The van der Waals surface area contributed by atoms with Crippen LogP contribution in [0.25, 0.3) is 95.0 Å². The number of aromatic hydroxyl groups is 1. The molecule has 10 aromatic rings. The Bertz CT molecular complexity index is 4380. The van der Waals surface area contributed by atoms with Gasteiger partial charge in [0.1, 0.15) is 11.6 Å². The summed E-state index contributed by atoms with van der Waals surface area (Å²) in [6.07, 6.45) is 1.40. The van der Waals surface area contributed by atoms with E-state index in [0.29, 0.717) is 67.1 Å². The highest BCUT2D eigenvalue weighted by Crippen LogP contribution is 2.47. The Balaban J connectivity index is 1.29. The molecule has 0 aliphatic carbocycles. The van der Waals surface area contributed by atoms with Gasteiger partial charge in [0.2, 0.25) is 0 Å². The van der Waals surface area contributed by atoms with Crippen molar-refractivity contribution in [3.8, 4) is 89.7 Å². The fourth-order valence-electron chi connectivity index (χ4n) is 9.69. The number of phenolic OH excluding ortho intramolecular Hbond substituents is 1. The molecule has 0 aliphatic rings. The van der Waals surface area contributed by atoms with E-state index in [1.54, 1.807) is 6.07 Å². The molecule has 0 amide bonds. The first kappa shape index (κ1) is 34.6. The number of nitrogens with zero attached hydrogens (tertiary/aromatic N) is 3. The zero-order chi connectivity index (χ0) is 66.7. The number of pyridine rings is 1. The summed E-state index contributed by atoms with van der Waals surface area (Å²) in [5.41, 5.74) is 4.62. The van der Waals surface area contributed by atoms with Gasteiger partial charge in [-0.05, 0) is 150 Å². The first-order valence-electron chi connectivity index (χ1n) is 33.2. The van der Waals surface area contributed by atoms with Gasteiger partial charge in [0.05, 0.1) is 33.5 Å². The van der Waals surface area contributed by atoms with Crippen LogP contribution in [0.4, 0.5) is 0 Å². The zero-order valence-corrected chi connectivity index (χ0v) is 43.9. The van der Waals surface area contributed by atoms with Crippen LogP contribution in [0.3, 0.4) is 0 Å². The van der Waals surface area contributed by atoms with E-state index in [4.69, 9.17) is 29.2 Å². The number of aryl methyl sites for hydroxylation is 1. The molecule has 8 aromatic carbocycles. The van der Waals surface area contributed by atoms with Crippen LogP contribution >= 0.6 is 0 Å². The molecule has 376 valence electrons. The molecule has 2 aromatic heterocycles. The van der Waals surface area contributed by atoms with Gasteiger partial charge in [-0.2, -0.15) is 0 Å². The molecule has 4 nitrogen and oxygen atoms in total. The van der Waals surface area contributed by atoms with Crippen molar-refractivity contribution in [1.29, 1.82) is 0 Å². The van der Waals surface area contributed by atoms with Crippen LogP contribution in [0.5, 0.6) is 5.75 Å². The monoisotopic (exact) mass is 998 g/mol. The van der Waals surface area contributed by atoms with Crippen molar-refractivity contribution >= 4 is 11.0 Å². The van der Waals surface area contributed by atoms with E-state index >= 15 is 0 Å². The normalized spacial score (nSPS) is 16.2. The second kappa shape index (κ2) is 19.1. The molecular formula is C71H71N3O. The van der Waals surface area contributed by atoms with Crippen molar-refractivity contribution < 1.29 is 27.0 Å². The van der Waals surface area contributed by atoms with Gasteiger partial charge in [0, 0.05) is 44.9 Å². The van der Waals surface area contributed by atoms with E-state index in [9.17, 15) is 7.85 Å². The van der Waals surface area contributed by atoms with E-state index in [0.717, 1.165) is 27.8 Å². The molecule has 0 radical (unpaired) electrons. The number of hydrogen-bond donors (Lipinski definition) is 1. The average molecular weight is 998 g/mol. The van der Waals surface area contributed by atoms with Crippen LogP contribution in [-0.4, -0.2) is 19.6 Å². The van der Waals surface area contributed by atoms with Crippen LogP contribution in [-0.2, 0) is 21.7 Å². The quantitative estimate of drug-likeness (QED) is 0.165. The molecular weight excluding hydrogens is 911 g/mol. The predicted molar refractivity (Wildman–Crippen MR) is 318 cm³/mol. The van der Waals surface area contributed by atoms with E-state index in [1.807, 2.05) is 141 Å². The molecule has 0 bridgehead atoms. The summed E-state index contributed by atoms with van der Waals surface area (Å²) in [5.74, 6) is 0.343. The summed E-state index contributed by atoms with van der Waals surface area (Å²) in [6, 6.07) is 45.5. The maximum atomic E-state index is 12.9. The molecule has 0 saturated carbocycles. The van der Waals surface area contributed by atoms with Gasteiger partial charge in [0.15, 0.2) is 0 Å². The van der Waals surface area contributed by atoms with Crippen molar-refractivity contribution in [3.63, 3.8) is 0 Å². The zero-order valence-electron chi connectivity index (χ0n) is 59.9. The number of benzene rings is 8. The fourth-order valence-corrected chi connectivity index (χ4v) is 9.69. The lowest BCUT2D eigenvalue weighted by Gasteiger charge is -2.28. The first-order chi connectivity index (χ1) is 42.2. The largest absolute Gasteiger partial charge is 0.507 e. The lowest BCUT2D eigenvalue weighted by atomic mass is 9.79. The maximum Gasteiger partial charge on any atom is 0.149 e.